The summed E-state index contributed by atoms with van der Waals surface area (Å²) in [5.74, 6) is -0.0758. The summed E-state index contributed by atoms with van der Waals surface area (Å²) in [6, 6.07) is -0.638. The lowest BCUT2D eigenvalue weighted by Gasteiger charge is -2.20. The van der Waals surface area contributed by atoms with Crippen LogP contribution in [0.15, 0.2) is 24.3 Å². The molecule has 67 heavy (non-hydrogen) atoms. The van der Waals surface area contributed by atoms with Gasteiger partial charge in [0.05, 0.1) is 25.4 Å². The molecule has 0 rings (SSSR count). The van der Waals surface area contributed by atoms with Crippen LogP contribution >= 0.6 is 0 Å². The highest BCUT2D eigenvalue weighted by atomic mass is 16.5. The summed E-state index contributed by atoms with van der Waals surface area (Å²) in [7, 11) is 0. The summed E-state index contributed by atoms with van der Waals surface area (Å²) in [4.78, 5) is 24.5. The van der Waals surface area contributed by atoms with E-state index in [4.69, 9.17) is 4.74 Å². The molecule has 0 heterocycles. The zero-order valence-electron chi connectivity index (χ0n) is 45.1. The molecule has 6 heteroatoms. The van der Waals surface area contributed by atoms with Gasteiger partial charge < -0.3 is 20.3 Å². The van der Waals surface area contributed by atoms with Crippen molar-refractivity contribution >= 4 is 11.9 Å². The molecule has 0 aliphatic carbocycles. The van der Waals surface area contributed by atoms with Gasteiger partial charge in [-0.3, -0.25) is 9.59 Å². The predicted octanol–water partition coefficient (Wildman–Crippen LogP) is 18.6. The van der Waals surface area contributed by atoms with E-state index in [9.17, 15) is 19.8 Å². The molecule has 0 aromatic heterocycles. The number of esters is 1. The van der Waals surface area contributed by atoms with Crippen molar-refractivity contribution in [2.75, 3.05) is 13.2 Å². The van der Waals surface area contributed by atoms with Gasteiger partial charge in [-0.25, -0.2) is 0 Å². The zero-order valence-corrected chi connectivity index (χ0v) is 45.1. The number of nitrogens with one attached hydrogen (secondary N) is 1. The van der Waals surface area contributed by atoms with Crippen LogP contribution in [0.2, 0.25) is 0 Å². The van der Waals surface area contributed by atoms with Gasteiger partial charge in [0.2, 0.25) is 5.91 Å². The van der Waals surface area contributed by atoms with Gasteiger partial charge in [0.15, 0.2) is 0 Å². The maximum absolute atomic E-state index is 12.5. The Hall–Kier alpha value is -1.66. The van der Waals surface area contributed by atoms with E-state index in [1.54, 1.807) is 6.08 Å². The first-order valence-electron chi connectivity index (χ1n) is 30.1. The second kappa shape index (κ2) is 56.9. The van der Waals surface area contributed by atoms with E-state index in [1.807, 2.05) is 6.08 Å². The summed E-state index contributed by atoms with van der Waals surface area (Å²) in [6.45, 7) is 4.91. The minimum absolute atomic E-state index is 0.00399. The highest BCUT2D eigenvalue weighted by molar-refractivity contribution is 5.76. The number of hydrogen-bond acceptors (Lipinski definition) is 5. The van der Waals surface area contributed by atoms with Crippen molar-refractivity contribution in [3.8, 4) is 0 Å². The highest BCUT2D eigenvalue weighted by Crippen LogP contribution is 2.17. The van der Waals surface area contributed by atoms with Gasteiger partial charge in [0.1, 0.15) is 0 Å². The number of aliphatic hydroxyl groups excluding tert-OH is 2. The maximum atomic E-state index is 12.5. The normalized spacial score (nSPS) is 12.7. The van der Waals surface area contributed by atoms with Gasteiger partial charge in [0.25, 0.3) is 0 Å². The Labute approximate surface area is 418 Å². The zero-order chi connectivity index (χ0) is 48.6. The molecule has 3 N–H and O–H groups in total. The minimum atomic E-state index is -0.853. The summed E-state index contributed by atoms with van der Waals surface area (Å²) < 4.78 is 5.47. The van der Waals surface area contributed by atoms with E-state index in [2.05, 4.69) is 31.3 Å². The number of hydrogen-bond donors (Lipinski definition) is 3. The molecule has 396 valence electrons. The highest BCUT2D eigenvalue weighted by Gasteiger charge is 2.18. The second-order valence-electron chi connectivity index (χ2n) is 20.7. The van der Waals surface area contributed by atoms with Gasteiger partial charge >= 0.3 is 5.97 Å². The fraction of sp³-hybridized carbons (Fsp3) is 0.902. The van der Waals surface area contributed by atoms with Crippen LogP contribution in [0.5, 0.6) is 0 Å². The standard InChI is InChI=1S/C61H117NO5/c1-3-5-7-9-11-13-15-17-18-19-20-23-26-30-33-37-41-45-49-53-59(64)58(57-63)62-60(65)54-50-46-42-38-34-31-27-24-21-22-25-28-32-36-40-44-48-52-56-67-61(66)55-51-47-43-39-35-29-16-14-12-10-8-6-4-2/h24,27,49,53,58-59,63-64H,3-23,25-26,28-48,50-52,54-57H2,1-2H3,(H,62,65)/b27-24-,53-49+. The first-order valence-corrected chi connectivity index (χ1v) is 30.1. The molecule has 0 aliphatic rings. The van der Waals surface area contributed by atoms with Gasteiger partial charge in [-0.2, -0.15) is 0 Å². The fourth-order valence-electron chi connectivity index (χ4n) is 9.34. The van der Waals surface area contributed by atoms with Gasteiger partial charge in [-0.1, -0.05) is 282 Å². The van der Waals surface area contributed by atoms with Gasteiger partial charge in [0, 0.05) is 12.8 Å². The van der Waals surface area contributed by atoms with Crippen molar-refractivity contribution in [3.63, 3.8) is 0 Å². The first kappa shape index (κ1) is 65.3. The number of allylic oxidation sites excluding steroid dienone is 3. The third-order valence-electron chi connectivity index (χ3n) is 14.0. The summed E-state index contributed by atoms with van der Waals surface area (Å²) >= 11 is 0. The third kappa shape index (κ3) is 53.5. The molecule has 0 fully saturated rings. The van der Waals surface area contributed by atoms with E-state index in [0.717, 1.165) is 57.8 Å². The Morgan fingerprint density at radius 2 is 0.701 bits per heavy atom. The number of unbranched alkanes of at least 4 members (excludes halogenated alkanes) is 43. The SMILES string of the molecule is CCCCCCCCCCCCCCCCCCC/C=C/C(O)C(CO)NC(=O)CCCCCCC/C=C\CCCCCCCCCCCOC(=O)CCCCCCCCCCCCCCC. The van der Waals surface area contributed by atoms with Crippen molar-refractivity contribution in [2.24, 2.45) is 0 Å². The molecule has 2 unspecified atom stereocenters. The molecule has 6 nitrogen and oxygen atoms in total. The number of amides is 1. The molecule has 0 aliphatic heterocycles. The molecule has 0 bridgehead atoms. The van der Waals surface area contributed by atoms with Crippen LogP contribution < -0.4 is 5.32 Å². The van der Waals surface area contributed by atoms with E-state index in [0.29, 0.717) is 19.4 Å². The van der Waals surface area contributed by atoms with Crippen LogP contribution in [-0.4, -0.2) is 47.4 Å². The van der Waals surface area contributed by atoms with Gasteiger partial charge in [-0.05, 0) is 57.8 Å². The number of carbonyl (C=O) groups is 2. The molecule has 0 radical (unpaired) electrons. The van der Waals surface area contributed by atoms with Crippen molar-refractivity contribution in [1.29, 1.82) is 0 Å². The van der Waals surface area contributed by atoms with Crippen molar-refractivity contribution < 1.29 is 24.5 Å². The Morgan fingerprint density at radius 3 is 1.06 bits per heavy atom. The average molecular weight is 945 g/mol. The molecule has 0 saturated heterocycles. The Bertz CT molecular complexity index is 1040. The lowest BCUT2D eigenvalue weighted by molar-refractivity contribution is -0.143. The quantitative estimate of drug-likeness (QED) is 0.0321. The molecular weight excluding hydrogens is 827 g/mol. The Balaban J connectivity index is 3.48. The first-order chi connectivity index (χ1) is 33.0. The number of ether oxygens (including phenoxy) is 1. The van der Waals surface area contributed by atoms with Crippen LogP contribution in [0.25, 0.3) is 0 Å². The lowest BCUT2D eigenvalue weighted by Crippen LogP contribution is -2.45. The summed E-state index contributed by atoms with van der Waals surface area (Å²) in [6.07, 6.45) is 69.2. The van der Waals surface area contributed by atoms with Crippen molar-refractivity contribution in [1.82, 2.24) is 5.32 Å². The van der Waals surface area contributed by atoms with Crippen molar-refractivity contribution in [3.05, 3.63) is 24.3 Å². The summed E-state index contributed by atoms with van der Waals surface area (Å²) in [5.41, 5.74) is 0. The van der Waals surface area contributed by atoms with E-state index < -0.39 is 12.1 Å². The molecule has 0 aromatic rings. The largest absolute Gasteiger partial charge is 0.466 e. The molecular formula is C61H117NO5. The van der Waals surface area contributed by atoms with E-state index >= 15 is 0 Å². The smallest absolute Gasteiger partial charge is 0.305 e. The Morgan fingerprint density at radius 1 is 0.403 bits per heavy atom. The summed E-state index contributed by atoms with van der Waals surface area (Å²) in [5, 5.41) is 23.2. The number of aliphatic hydroxyl groups is 2. The van der Waals surface area contributed by atoms with Crippen LogP contribution in [0, 0.1) is 0 Å². The third-order valence-corrected chi connectivity index (χ3v) is 14.0. The maximum Gasteiger partial charge on any atom is 0.305 e. The average Bonchev–Trinajstić information content (AvgIpc) is 3.33. The van der Waals surface area contributed by atoms with Crippen LogP contribution in [0.4, 0.5) is 0 Å². The van der Waals surface area contributed by atoms with Crippen LogP contribution in [0.3, 0.4) is 0 Å². The van der Waals surface area contributed by atoms with Crippen LogP contribution in [-0.2, 0) is 14.3 Å². The molecule has 0 aromatic carbocycles. The fourth-order valence-corrected chi connectivity index (χ4v) is 9.34. The number of carbonyl (C=O) groups excluding carboxylic acids is 2. The molecule has 1 amide bonds. The lowest BCUT2D eigenvalue weighted by atomic mass is 10.0. The monoisotopic (exact) mass is 944 g/mol. The predicted molar refractivity (Wildman–Crippen MR) is 292 cm³/mol. The second-order valence-corrected chi connectivity index (χ2v) is 20.7. The Kier molecular flexibility index (Phi) is 55.5. The molecule has 2 atom stereocenters. The number of rotatable bonds is 56. The van der Waals surface area contributed by atoms with Crippen LogP contribution in [0.1, 0.15) is 328 Å². The van der Waals surface area contributed by atoms with E-state index in [-0.39, 0.29) is 18.5 Å². The van der Waals surface area contributed by atoms with E-state index in [1.165, 1.54) is 244 Å². The molecule has 0 spiro atoms. The van der Waals surface area contributed by atoms with Gasteiger partial charge in [-0.15, -0.1) is 0 Å². The molecule has 0 saturated carbocycles. The van der Waals surface area contributed by atoms with Crippen molar-refractivity contribution in [2.45, 2.75) is 341 Å². The minimum Gasteiger partial charge on any atom is -0.466 e. The topological polar surface area (TPSA) is 95.9 Å².